The van der Waals surface area contributed by atoms with Crippen molar-refractivity contribution in [3.8, 4) is 17.0 Å². The van der Waals surface area contributed by atoms with Gasteiger partial charge in [-0.05, 0) is 42.8 Å². The normalized spacial score (nSPS) is 11.1. The molecule has 0 radical (unpaired) electrons. The van der Waals surface area contributed by atoms with Crippen LogP contribution in [0.5, 0.6) is 5.75 Å². The number of halogens is 4. The highest BCUT2D eigenvalue weighted by Gasteiger charge is 2.31. The third kappa shape index (κ3) is 6.29. The van der Waals surface area contributed by atoms with E-state index >= 15 is 0 Å². The molecule has 3 N–H and O–H groups in total. The number of carboxylic acids is 1. The number of aliphatic carboxylic acids is 1. The molecular formula is C20H16F4N4O3. The van der Waals surface area contributed by atoms with Gasteiger partial charge < -0.3 is 20.5 Å². The molecule has 0 unspecified atom stereocenters. The molecule has 0 atom stereocenters. The Labute approximate surface area is 173 Å². The van der Waals surface area contributed by atoms with Crippen molar-refractivity contribution in [3.63, 3.8) is 0 Å². The van der Waals surface area contributed by atoms with Gasteiger partial charge in [0.15, 0.2) is 0 Å². The predicted molar refractivity (Wildman–Crippen MR) is 105 cm³/mol. The second kappa shape index (κ2) is 8.86. The largest absolute Gasteiger partial charge is 0.573 e. The van der Waals surface area contributed by atoms with Crippen molar-refractivity contribution >= 4 is 23.4 Å². The number of aryl methyl sites for hydroxylation is 1. The average molecular weight is 436 g/mol. The Morgan fingerprint density at radius 2 is 1.90 bits per heavy atom. The lowest BCUT2D eigenvalue weighted by atomic mass is 10.1. The number of nitrogens with one attached hydrogen (secondary N) is 2. The number of hydrogen-bond donors (Lipinski definition) is 3. The van der Waals surface area contributed by atoms with E-state index in [-0.39, 0.29) is 23.0 Å². The van der Waals surface area contributed by atoms with Crippen molar-refractivity contribution in [2.24, 2.45) is 0 Å². The number of hydrogen-bond acceptors (Lipinski definition) is 6. The first kappa shape index (κ1) is 21.8. The first-order valence-electron chi connectivity index (χ1n) is 8.83. The number of ether oxygens (including phenoxy) is 1. The van der Waals surface area contributed by atoms with E-state index in [1.165, 1.54) is 36.4 Å². The molecule has 1 aromatic heterocycles. The molecule has 0 spiro atoms. The summed E-state index contributed by atoms with van der Waals surface area (Å²) >= 11 is 0. The zero-order valence-electron chi connectivity index (χ0n) is 16.0. The van der Waals surface area contributed by atoms with Crippen LogP contribution in [0.1, 0.15) is 5.56 Å². The molecule has 0 amide bonds. The van der Waals surface area contributed by atoms with Crippen LogP contribution < -0.4 is 15.4 Å². The fourth-order valence-electron chi connectivity index (χ4n) is 2.65. The maximum Gasteiger partial charge on any atom is 0.573 e. The van der Waals surface area contributed by atoms with Crippen molar-refractivity contribution in [3.05, 3.63) is 59.9 Å². The Morgan fingerprint density at radius 3 is 2.58 bits per heavy atom. The first-order chi connectivity index (χ1) is 14.6. The third-order valence-electron chi connectivity index (χ3n) is 3.94. The monoisotopic (exact) mass is 436 g/mol. The lowest BCUT2D eigenvalue weighted by Crippen LogP contribution is -2.17. The number of carboxylic acid groups (broad SMARTS) is 1. The molecule has 0 saturated heterocycles. The number of rotatable bonds is 7. The average Bonchev–Trinajstić information content (AvgIpc) is 2.67. The maximum atomic E-state index is 13.4. The summed E-state index contributed by atoms with van der Waals surface area (Å²) in [5, 5.41) is 14.4. The van der Waals surface area contributed by atoms with E-state index in [0.29, 0.717) is 11.3 Å². The van der Waals surface area contributed by atoms with Crippen LogP contribution in [0.4, 0.5) is 35.0 Å². The van der Waals surface area contributed by atoms with E-state index in [2.05, 4.69) is 25.3 Å². The number of carbonyl (C=O) groups is 1. The van der Waals surface area contributed by atoms with Crippen LogP contribution in [-0.2, 0) is 4.79 Å². The number of nitrogens with zero attached hydrogens (tertiary/aromatic N) is 2. The Morgan fingerprint density at radius 1 is 1.13 bits per heavy atom. The molecule has 0 fully saturated rings. The second-order valence-electron chi connectivity index (χ2n) is 6.37. The van der Waals surface area contributed by atoms with Gasteiger partial charge in [0.1, 0.15) is 23.9 Å². The summed E-state index contributed by atoms with van der Waals surface area (Å²) in [7, 11) is 0. The third-order valence-corrected chi connectivity index (χ3v) is 3.94. The molecule has 0 aliphatic rings. The van der Waals surface area contributed by atoms with Gasteiger partial charge in [-0.3, -0.25) is 4.79 Å². The van der Waals surface area contributed by atoms with Gasteiger partial charge in [-0.25, -0.2) is 9.37 Å². The summed E-state index contributed by atoms with van der Waals surface area (Å²) in [6.45, 7) is 1.20. The Kier molecular flexibility index (Phi) is 6.23. The van der Waals surface area contributed by atoms with Crippen LogP contribution in [0.2, 0.25) is 0 Å². The van der Waals surface area contributed by atoms with Gasteiger partial charge in [-0.1, -0.05) is 12.1 Å². The SMILES string of the molecule is Cc1cc(F)ccc1Nc1cc(-c2cccc(OC(F)(F)F)c2)nc(NCC(=O)O)n1. The second-order valence-corrected chi connectivity index (χ2v) is 6.37. The minimum Gasteiger partial charge on any atom is -0.480 e. The molecule has 3 rings (SSSR count). The molecule has 11 heteroatoms. The highest BCUT2D eigenvalue weighted by atomic mass is 19.4. The summed E-state index contributed by atoms with van der Waals surface area (Å²) < 4.78 is 54.9. The molecule has 3 aromatic rings. The molecule has 0 bridgehead atoms. The van der Waals surface area contributed by atoms with E-state index in [4.69, 9.17) is 5.11 Å². The zero-order chi connectivity index (χ0) is 22.6. The molecule has 0 saturated carbocycles. The molecule has 162 valence electrons. The van der Waals surface area contributed by atoms with Crippen LogP contribution >= 0.6 is 0 Å². The topological polar surface area (TPSA) is 96.4 Å². The Hall–Kier alpha value is -3.89. The van der Waals surface area contributed by atoms with E-state index in [1.54, 1.807) is 6.92 Å². The van der Waals surface area contributed by atoms with Gasteiger partial charge in [0.05, 0.1) is 5.69 Å². The number of aromatic nitrogens is 2. The van der Waals surface area contributed by atoms with E-state index in [9.17, 15) is 22.4 Å². The predicted octanol–water partition coefficient (Wildman–Crippen LogP) is 4.73. The maximum absolute atomic E-state index is 13.4. The number of alkyl halides is 3. The Balaban J connectivity index is 1.99. The van der Waals surface area contributed by atoms with Gasteiger partial charge in [0.2, 0.25) is 5.95 Å². The summed E-state index contributed by atoms with van der Waals surface area (Å²) in [4.78, 5) is 19.2. The molecule has 31 heavy (non-hydrogen) atoms. The molecule has 0 aliphatic carbocycles. The quantitative estimate of drug-likeness (QED) is 0.461. The standard InChI is InChI=1S/C20H16F4N4O3/c1-11-7-13(21)5-6-15(11)26-17-9-16(27-19(28-17)25-10-18(29)30)12-3-2-4-14(8-12)31-20(22,23)24/h2-9H,10H2,1H3,(H,29,30)(H2,25,26,27,28). The highest BCUT2D eigenvalue weighted by molar-refractivity contribution is 5.73. The van der Waals surface area contributed by atoms with Gasteiger partial charge in [0.25, 0.3) is 0 Å². The van der Waals surface area contributed by atoms with Crippen LogP contribution in [0.25, 0.3) is 11.3 Å². The van der Waals surface area contributed by atoms with Gasteiger partial charge >= 0.3 is 12.3 Å². The summed E-state index contributed by atoms with van der Waals surface area (Å²) in [5.41, 5.74) is 1.60. The summed E-state index contributed by atoms with van der Waals surface area (Å²) in [6.07, 6.45) is -4.86. The van der Waals surface area contributed by atoms with Crippen LogP contribution in [-0.4, -0.2) is 34.0 Å². The van der Waals surface area contributed by atoms with Gasteiger partial charge in [-0.15, -0.1) is 13.2 Å². The molecule has 2 aromatic carbocycles. The first-order valence-corrected chi connectivity index (χ1v) is 8.83. The van der Waals surface area contributed by atoms with Gasteiger partial charge in [-0.2, -0.15) is 4.98 Å². The van der Waals surface area contributed by atoms with Crippen molar-refractivity contribution in [1.82, 2.24) is 9.97 Å². The smallest absolute Gasteiger partial charge is 0.480 e. The fraction of sp³-hybridized carbons (Fsp3) is 0.150. The van der Waals surface area contributed by atoms with Crippen molar-refractivity contribution < 1.29 is 32.2 Å². The van der Waals surface area contributed by atoms with Crippen LogP contribution in [0.15, 0.2) is 48.5 Å². The number of benzene rings is 2. The zero-order valence-corrected chi connectivity index (χ0v) is 16.0. The van der Waals surface area contributed by atoms with Gasteiger partial charge in [0, 0.05) is 17.3 Å². The summed E-state index contributed by atoms with van der Waals surface area (Å²) in [6, 6.07) is 10.7. The lowest BCUT2D eigenvalue weighted by Gasteiger charge is -2.13. The minimum absolute atomic E-state index is 0.0655. The van der Waals surface area contributed by atoms with Crippen molar-refractivity contribution in [2.45, 2.75) is 13.3 Å². The molecular weight excluding hydrogens is 420 g/mol. The van der Waals surface area contributed by atoms with E-state index in [1.807, 2.05) is 0 Å². The van der Waals surface area contributed by atoms with Crippen LogP contribution in [0, 0.1) is 12.7 Å². The van der Waals surface area contributed by atoms with Crippen molar-refractivity contribution in [1.29, 1.82) is 0 Å². The Bertz CT molecular complexity index is 1110. The highest BCUT2D eigenvalue weighted by Crippen LogP contribution is 2.29. The minimum atomic E-state index is -4.86. The molecule has 1 heterocycles. The van der Waals surface area contributed by atoms with Crippen molar-refractivity contribution in [2.75, 3.05) is 17.2 Å². The molecule has 0 aliphatic heterocycles. The van der Waals surface area contributed by atoms with E-state index in [0.717, 1.165) is 12.1 Å². The van der Waals surface area contributed by atoms with E-state index < -0.39 is 30.4 Å². The molecule has 7 nitrogen and oxygen atoms in total. The summed E-state index contributed by atoms with van der Waals surface area (Å²) in [5.74, 6) is -1.86. The lowest BCUT2D eigenvalue weighted by molar-refractivity contribution is -0.274. The number of anilines is 3. The van der Waals surface area contributed by atoms with Crippen LogP contribution in [0.3, 0.4) is 0 Å². The fourth-order valence-corrected chi connectivity index (χ4v) is 2.65.